The molecule has 0 bridgehead atoms. The number of rotatable bonds is 6. The number of nitrogens with one attached hydrogen (secondary N) is 1. The molecule has 19 heavy (non-hydrogen) atoms. The number of hydrogen-bond acceptors (Lipinski definition) is 5. The highest BCUT2D eigenvalue weighted by Crippen LogP contribution is 2.16. The van der Waals surface area contributed by atoms with Gasteiger partial charge in [0.1, 0.15) is 0 Å². The van der Waals surface area contributed by atoms with Gasteiger partial charge in [-0.15, -0.1) is 0 Å². The Balaban J connectivity index is 2.99. The Hall–Kier alpha value is -2.37. The summed E-state index contributed by atoms with van der Waals surface area (Å²) in [6, 6.07) is 1.48. The zero-order valence-corrected chi connectivity index (χ0v) is 10.8. The van der Waals surface area contributed by atoms with E-state index in [0.717, 1.165) is 0 Å². The third-order valence-electron chi connectivity index (χ3n) is 2.20. The summed E-state index contributed by atoms with van der Waals surface area (Å²) < 4.78 is 4.76. The molecule has 6 nitrogen and oxygen atoms in total. The SMILES string of the molecule is CCNc1cc(C(=O)O)cnc1C=CC(=O)OCC. The number of hydrogen-bond donors (Lipinski definition) is 2. The monoisotopic (exact) mass is 264 g/mol. The molecule has 6 heteroatoms. The Morgan fingerprint density at radius 3 is 2.79 bits per heavy atom. The molecule has 0 atom stereocenters. The van der Waals surface area contributed by atoms with Gasteiger partial charge in [0.15, 0.2) is 0 Å². The van der Waals surface area contributed by atoms with E-state index in [4.69, 9.17) is 9.84 Å². The predicted octanol–water partition coefficient (Wildman–Crippen LogP) is 1.79. The van der Waals surface area contributed by atoms with Crippen LogP contribution < -0.4 is 5.32 Å². The summed E-state index contributed by atoms with van der Waals surface area (Å²) >= 11 is 0. The minimum absolute atomic E-state index is 0.0873. The number of esters is 1. The van der Waals surface area contributed by atoms with Gasteiger partial charge in [0.05, 0.1) is 23.6 Å². The van der Waals surface area contributed by atoms with Crippen molar-refractivity contribution in [1.29, 1.82) is 0 Å². The molecule has 0 fully saturated rings. The second kappa shape index (κ2) is 7.15. The fraction of sp³-hybridized carbons (Fsp3) is 0.308. The van der Waals surface area contributed by atoms with E-state index in [9.17, 15) is 9.59 Å². The van der Waals surface area contributed by atoms with Gasteiger partial charge in [-0.1, -0.05) is 0 Å². The van der Waals surface area contributed by atoms with E-state index in [1.54, 1.807) is 6.92 Å². The molecule has 0 saturated carbocycles. The molecule has 0 amide bonds. The van der Waals surface area contributed by atoms with Crippen LogP contribution in [0.4, 0.5) is 5.69 Å². The predicted molar refractivity (Wildman–Crippen MR) is 71.0 cm³/mol. The molecule has 0 radical (unpaired) electrons. The highest BCUT2D eigenvalue weighted by molar-refractivity contribution is 5.91. The van der Waals surface area contributed by atoms with Crippen LogP contribution in [-0.2, 0) is 9.53 Å². The smallest absolute Gasteiger partial charge is 0.337 e. The summed E-state index contributed by atoms with van der Waals surface area (Å²) in [5.74, 6) is -1.51. The molecule has 0 spiro atoms. The zero-order chi connectivity index (χ0) is 14.3. The average molecular weight is 264 g/mol. The number of anilines is 1. The summed E-state index contributed by atoms with van der Waals surface area (Å²) in [5.41, 5.74) is 1.13. The maximum absolute atomic E-state index is 11.2. The van der Waals surface area contributed by atoms with E-state index in [2.05, 4.69) is 10.3 Å². The quantitative estimate of drug-likeness (QED) is 0.601. The van der Waals surface area contributed by atoms with Gasteiger partial charge >= 0.3 is 11.9 Å². The van der Waals surface area contributed by atoms with Gasteiger partial charge in [0.2, 0.25) is 0 Å². The fourth-order valence-electron chi connectivity index (χ4n) is 1.39. The van der Waals surface area contributed by atoms with Crippen molar-refractivity contribution in [2.24, 2.45) is 0 Å². The number of carboxylic acids is 1. The summed E-state index contributed by atoms with van der Waals surface area (Å²) in [7, 11) is 0. The summed E-state index contributed by atoms with van der Waals surface area (Å²) in [6.07, 6.45) is 3.99. The van der Waals surface area contributed by atoms with Gasteiger partial charge in [-0.25, -0.2) is 9.59 Å². The molecule has 0 unspecified atom stereocenters. The van der Waals surface area contributed by atoms with Crippen LogP contribution in [0.5, 0.6) is 0 Å². The summed E-state index contributed by atoms with van der Waals surface area (Å²) in [5, 5.41) is 11.9. The average Bonchev–Trinajstić information content (AvgIpc) is 2.37. The standard InChI is InChI=1S/C13H16N2O4/c1-3-14-11-7-9(13(17)18)8-15-10(11)5-6-12(16)19-4-2/h5-8,14H,3-4H2,1-2H3,(H,17,18). The van der Waals surface area contributed by atoms with Crippen LogP contribution in [0.2, 0.25) is 0 Å². The highest BCUT2D eigenvalue weighted by Gasteiger charge is 2.08. The molecule has 0 aromatic carbocycles. The van der Waals surface area contributed by atoms with E-state index >= 15 is 0 Å². The number of aromatic carboxylic acids is 1. The molecule has 0 aliphatic carbocycles. The van der Waals surface area contributed by atoms with Crippen molar-refractivity contribution in [3.05, 3.63) is 29.6 Å². The summed E-state index contributed by atoms with van der Waals surface area (Å²) in [4.78, 5) is 26.1. The molecule has 1 aromatic heterocycles. The minimum atomic E-state index is -1.05. The maximum atomic E-state index is 11.2. The number of nitrogens with zero attached hydrogens (tertiary/aromatic N) is 1. The van der Waals surface area contributed by atoms with Gasteiger partial charge in [-0.05, 0) is 26.0 Å². The van der Waals surface area contributed by atoms with Gasteiger partial charge in [-0.2, -0.15) is 0 Å². The summed E-state index contributed by atoms with van der Waals surface area (Å²) in [6.45, 7) is 4.52. The molecule has 1 rings (SSSR count). The number of pyridine rings is 1. The molecular weight excluding hydrogens is 248 g/mol. The molecule has 0 aliphatic heterocycles. The number of ether oxygens (including phenoxy) is 1. The fourth-order valence-corrected chi connectivity index (χ4v) is 1.39. The van der Waals surface area contributed by atoms with Gasteiger partial charge in [0, 0.05) is 18.8 Å². The van der Waals surface area contributed by atoms with Gasteiger partial charge < -0.3 is 15.2 Å². The van der Waals surface area contributed by atoms with Crippen LogP contribution in [0, 0.1) is 0 Å². The van der Waals surface area contributed by atoms with Crippen LogP contribution >= 0.6 is 0 Å². The molecule has 0 saturated heterocycles. The number of carbonyl (C=O) groups excluding carboxylic acids is 1. The van der Waals surface area contributed by atoms with Crippen LogP contribution in [0.3, 0.4) is 0 Å². The van der Waals surface area contributed by atoms with Crippen LogP contribution in [0.25, 0.3) is 6.08 Å². The lowest BCUT2D eigenvalue weighted by molar-refractivity contribution is -0.137. The van der Waals surface area contributed by atoms with Crippen molar-refractivity contribution in [3.8, 4) is 0 Å². The van der Waals surface area contributed by atoms with E-state index in [-0.39, 0.29) is 5.56 Å². The van der Waals surface area contributed by atoms with E-state index in [0.29, 0.717) is 24.5 Å². The van der Waals surface area contributed by atoms with E-state index in [1.165, 1.54) is 24.4 Å². The second-order valence-electron chi connectivity index (χ2n) is 3.58. The minimum Gasteiger partial charge on any atom is -0.478 e. The number of carbonyl (C=O) groups is 2. The molecule has 102 valence electrons. The molecule has 1 aromatic rings. The molecule has 1 heterocycles. The Kier molecular flexibility index (Phi) is 5.53. The molecule has 0 aliphatic rings. The largest absolute Gasteiger partial charge is 0.478 e. The Labute approximate surface area is 111 Å². The lowest BCUT2D eigenvalue weighted by Crippen LogP contribution is -2.05. The molecular formula is C13H16N2O4. The van der Waals surface area contributed by atoms with Crippen LogP contribution in [0.15, 0.2) is 18.3 Å². The lowest BCUT2D eigenvalue weighted by atomic mass is 10.2. The van der Waals surface area contributed by atoms with E-state index in [1.807, 2.05) is 6.92 Å². The molecule has 2 N–H and O–H groups in total. The maximum Gasteiger partial charge on any atom is 0.337 e. The van der Waals surface area contributed by atoms with E-state index < -0.39 is 11.9 Å². The van der Waals surface area contributed by atoms with Crippen molar-refractivity contribution < 1.29 is 19.4 Å². The third kappa shape index (κ3) is 4.42. The number of aromatic nitrogens is 1. The first-order chi connectivity index (χ1) is 9.08. The Morgan fingerprint density at radius 1 is 1.47 bits per heavy atom. The Bertz CT molecular complexity index is 497. The second-order valence-corrected chi connectivity index (χ2v) is 3.58. The van der Waals surface area contributed by atoms with Crippen molar-refractivity contribution in [2.75, 3.05) is 18.5 Å². The van der Waals surface area contributed by atoms with Crippen molar-refractivity contribution in [2.45, 2.75) is 13.8 Å². The van der Waals surface area contributed by atoms with Crippen molar-refractivity contribution in [3.63, 3.8) is 0 Å². The Morgan fingerprint density at radius 2 is 2.21 bits per heavy atom. The number of carboxylic acid groups (broad SMARTS) is 1. The van der Waals surface area contributed by atoms with Crippen molar-refractivity contribution >= 4 is 23.7 Å². The normalized spacial score (nSPS) is 10.4. The lowest BCUT2D eigenvalue weighted by Gasteiger charge is -2.07. The van der Waals surface area contributed by atoms with Crippen molar-refractivity contribution in [1.82, 2.24) is 4.98 Å². The highest BCUT2D eigenvalue weighted by atomic mass is 16.5. The third-order valence-corrected chi connectivity index (χ3v) is 2.20. The van der Waals surface area contributed by atoms with Crippen LogP contribution in [-0.4, -0.2) is 35.2 Å². The van der Waals surface area contributed by atoms with Gasteiger partial charge in [0.25, 0.3) is 0 Å². The van der Waals surface area contributed by atoms with Crippen LogP contribution in [0.1, 0.15) is 29.9 Å². The van der Waals surface area contributed by atoms with Gasteiger partial charge in [-0.3, -0.25) is 4.98 Å². The topological polar surface area (TPSA) is 88.5 Å². The first-order valence-electron chi connectivity index (χ1n) is 5.90. The first kappa shape index (κ1) is 14.7. The zero-order valence-electron chi connectivity index (χ0n) is 10.8. The first-order valence-corrected chi connectivity index (χ1v) is 5.90.